The quantitative estimate of drug-likeness (QED) is 0.240. The third-order valence-corrected chi connectivity index (χ3v) is 6.69. The number of amides is 2. The fourth-order valence-corrected chi connectivity index (χ4v) is 4.73. The maximum Gasteiger partial charge on any atom is 0.295 e. The largest absolute Gasteiger partial charge is 0.507 e. The van der Waals surface area contributed by atoms with E-state index in [1.807, 2.05) is 6.92 Å². The molecule has 2 aromatic rings. The second-order valence-corrected chi connectivity index (χ2v) is 9.50. The zero-order valence-electron chi connectivity index (χ0n) is 22.1. The summed E-state index contributed by atoms with van der Waals surface area (Å²) in [4.78, 5) is 41.4. The summed E-state index contributed by atoms with van der Waals surface area (Å²) < 4.78 is 16.4. The van der Waals surface area contributed by atoms with Crippen molar-refractivity contribution in [1.29, 1.82) is 0 Å². The van der Waals surface area contributed by atoms with Crippen molar-refractivity contribution >= 4 is 23.4 Å². The molecule has 0 aliphatic carbocycles. The Balaban J connectivity index is 1.63. The third-order valence-electron chi connectivity index (χ3n) is 6.69. The molecule has 0 saturated carbocycles. The molecule has 3 N–H and O–H groups in total. The zero-order valence-corrected chi connectivity index (χ0v) is 22.1. The van der Waals surface area contributed by atoms with Gasteiger partial charge in [0, 0.05) is 31.7 Å². The van der Waals surface area contributed by atoms with Crippen LogP contribution in [0.4, 0.5) is 0 Å². The number of hydrogen-bond acceptors (Lipinski definition) is 8. The van der Waals surface area contributed by atoms with E-state index in [1.165, 1.54) is 4.90 Å². The number of aliphatic hydroxyl groups is 1. The van der Waals surface area contributed by atoms with Gasteiger partial charge in [0.15, 0.2) is 6.61 Å². The zero-order chi connectivity index (χ0) is 27.8. The van der Waals surface area contributed by atoms with Gasteiger partial charge in [-0.15, -0.1) is 0 Å². The lowest BCUT2D eigenvalue weighted by atomic mass is 9.95. The van der Waals surface area contributed by atoms with Crippen LogP contribution in [0.1, 0.15) is 36.9 Å². The molecule has 208 valence electrons. The van der Waals surface area contributed by atoms with Crippen LogP contribution in [0, 0.1) is 0 Å². The number of ether oxygens (including phenoxy) is 3. The Morgan fingerprint density at radius 1 is 1.00 bits per heavy atom. The van der Waals surface area contributed by atoms with Crippen molar-refractivity contribution in [1.82, 2.24) is 9.80 Å². The van der Waals surface area contributed by atoms with Crippen LogP contribution in [0.2, 0.25) is 0 Å². The molecule has 39 heavy (non-hydrogen) atoms. The number of nitrogens with two attached hydrogens (primary N) is 1. The molecule has 10 heteroatoms. The van der Waals surface area contributed by atoms with Gasteiger partial charge in [0.05, 0.1) is 31.4 Å². The molecule has 0 spiro atoms. The fourth-order valence-electron chi connectivity index (χ4n) is 4.73. The topological polar surface area (TPSA) is 132 Å². The first-order chi connectivity index (χ1) is 18.9. The van der Waals surface area contributed by atoms with Crippen LogP contribution in [0.5, 0.6) is 11.5 Å². The first kappa shape index (κ1) is 28.1. The van der Waals surface area contributed by atoms with Gasteiger partial charge in [-0.2, -0.15) is 0 Å². The Labute approximate surface area is 227 Å². The molecular formula is C29H35N3O7. The number of rotatable bonds is 12. The van der Waals surface area contributed by atoms with Crippen molar-refractivity contribution in [2.75, 3.05) is 52.6 Å². The molecule has 4 rings (SSSR count). The molecule has 2 aromatic carbocycles. The molecule has 0 aromatic heterocycles. The summed E-state index contributed by atoms with van der Waals surface area (Å²) in [6.45, 7) is 6.42. The van der Waals surface area contributed by atoms with Crippen molar-refractivity contribution in [3.63, 3.8) is 0 Å². The second kappa shape index (κ2) is 13.3. The lowest BCUT2D eigenvalue weighted by Gasteiger charge is -2.29. The van der Waals surface area contributed by atoms with E-state index in [1.54, 1.807) is 48.5 Å². The molecule has 2 heterocycles. The molecule has 0 bridgehead atoms. The molecule has 2 aliphatic rings. The molecule has 1 atom stereocenters. The summed E-state index contributed by atoms with van der Waals surface area (Å²) in [5.74, 6) is -1.15. The molecule has 10 nitrogen and oxygen atoms in total. The van der Waals surface area contributed by atoms with Gasteiger partial charge in [0.2, 0.25) is 0 Å². The van der Waals surface area contributed by atoms with Gasteiger partial charge in [-0.1, -0.05) is 19.1 Å². The maximum absolute atomic E-state index is 13.3. The molecule has 2 fully saturated rings. The Morgan fingerprint density at radius 2 is 1.64 bits per heavy atom. The SMILES string of the molecule is CCCOc1ccc(C(O)=C2C(=O)C(=O)N(CCCN3CCOCC3)C2c2ccc(OCC(N)=O)cc2)cc1. The van der Waals surface area contributed by atoms with Gasteiger partial charge in [-0.05, 0) is 54.8 Å². The predicted molar refractivity (Wildman–Crippen MR) is 144 cm³/mol. The van der Waals surface area contributed by atoms with Crippen LogP contribution >= 0.6 is 0 Å². The average molecular weight is 538 g/mol. The van der Waals surface area contributed by atoms with Crippen molar-refractivity contribution in [2.45, 2.75) is 25.8 Å². The number of benzene rings is 2. The van der Waals surface area contributed by atoms with Crippen molar-refractivity contribution in [2.24, 2.45) is 5.73 Å². The van der Waals surface area contributed by atoms with Crippen molar-refractivity contribution in [3.8, 4) is 11.5 Å². The Bertz CT molecular complexity index is 1190. The molecule has 2 saturated heterocycles. The van der Waals surface area contributed by atoms with Crippen LogP contribution < -0.4 is 15.2 Å². The monoisotopic (exact) mass is 537 g/mol. The summed E-state index contributed by atoms with van der Waals surface area (Å²) in [5, 5.41) is 11.3. The van der Waals surface area contributed by atoms with E-state index < -0.39 is 23.6 Å². The van der Waals surface area contributed by atoms with Crippen LogP contribution in [-0.4, -0.2) is 85.1 Å². The Kier molecular flexibility index (Phi) is 9.56. The van der Waals surface area contributed by atoms with E-state index in [0.29, 0.717) is 55.4 Å². The first-order valence-electron chi connectivity index (χ1n) is 13.2. The molecule has 0 radical (unpaired) electrons. The Hall–Kier alpha value is -3.89. The van der Waals surface area contributed by atoms with E-state index in [-0.39, 0.29) is 17.9 Å². The predicted octanol–water partition coefficient (Wildman–Crippen LogP) is 2.48. The van der Waals surface area contributed by atoms with Gasteiger partial charge >= 0.3 is 0 Å². The van der Waals surface area contributed by atoms with Gasteiger partial charge in [-0.3, -0.25) is 19.3 Å². The fraction of sp³-hybridized carbons (Fsp3) is 0.414. The van der Waals surface area contributed by atoms with Crippen LogP contribution in [0.3, 0.4) is 0 Å². The van der Waals surface area contributed by atoms with Gasteiger partial charge in [0.25, 0.3) is 17.6 Å². The van der Waals surface area contributed by atoms with Gasteiger partial charge < -0.3 is 30.0 Å². The highest BCUT2D eigenvalue weighted by Crippen LogP contribution is 2.40. The molecule has 2 aliphatic heterocycles. The summed E-state index contributed by atoms with van der Waals surface area (Å²) in [6.07, 6.45) is 1.52. The standard InChI is InChI=1S/C29H35N3O7/c1-2-16-38-22-10-6-21(7-11-22)27(34)25-26(20-4-8-23(9-5-20)39-19-24(30)33)32(29(36)28(25)35)13-3-12-31-14-17-37-18-15-31/h4-11,26,34H,2-3,12-19H2,1H3,(H2,30,33). The van der Waals surface area contributed by atoms with E-state index in [4.69, 9.17) is 19.9 Å². The number of carbonyl (C=O) groups is 3. The number of primary amides is 1. The van der Waals surface area contributed by atoms with E-state index >= 15 is 0 Å². The number of likely N-dealkylation sites (tertiary alicyclic amines) is 1. The van der Waals surface area contributed by atoms with Gasteiger partial charge in [0.1, 0.15) is 17.3 Å². The van der Waals surface area contributed by atoms with Crippen LogP contribution in [-0.2, 0) is 19.1 Å². The second-order valence-electron chi connectivity index (χ2n) is 9.50. The number of Topliss-reactive ketones (excluding diaryl/α,β-unsaturated/α-hetero) is 1. The lowest BCUT2D eigenvalue weighted by molar-refractivity contribution is -0.140. The van der Waals surface area contributed by atoms with Crippen LogP contribution in [0.15, 0.2) is 54.1 Å². The summed E-state index contributed by atoms with van der Waals surface area (Å²) in [7, 11) is 0. The number of ketones is 1. The minimum atomic E-state index is -0.782. The van der Waals surface area contributed by atoms with E-state index in [2.05, 4.69) is 4.90 Å². The van der Waals surface area contributed by atoms with E-state index in [0.717, 1.165) is 26.1 Å². The highest BCUT2D eigenvalue weighted by atomic mass is 16.5. The van der Waals surface area contributed by atoms with Crippen molar-refractivity contribution < 1.29 is 33.7 Å². The minimum Gasteiger partial charge on any atom is -0.507 e. The normalized spacial score (nSPS) is 19.3. The Morgan fingerprint density at radius 3 is 2.28 bits per heavy atom. The third kappa shape index (κ3) is 6.96. The molecule has 2 amide bonds. The number of hydrogen-bond donors (Lipinski definition) is 2. The number of aliphatic hydroxyl groups excluding tert-OH is 1. The molecular weight excluding hydrogens is 502 g/mol. The highest BCUT2D eigenvalue weighted by molar-refractivity contribution is 6.46. The lowest BCUT2D eigenvalue weighted by Crippen LogP contribution is -2.38. The summed E-state index contributed by atoms with van der Waals surface area (Å²) >= 11 is 0. The van der Waals surface area contributed by atoms with Crippen molar-refractivity contribution in [3.05, 3.63) is 65.2 Å². The van der Waals surface area contributed by atoms with Gasteiger partial charge in [-0.25, -0.2) is 0 Å². The first-order valence-corrected chi connectivity index (χ1v) is 13.2. The number of morpholine rings is 1. The van der Waals surface area contributed by atoms with Crippen LogP contribution in [0.25, 0.3) is 5.76 Å². The minimum absolute atomic E-state index is 0.0272. The molecule has 1 unspecified atom stereocenters. The van der Waals surface area contributed by atoms with E-state index in [9.17, 15) is 19.5 Å². The summed E-state index contributed by atoms with van der Waals surface area (Å²) in [6, 6.07) is 12.7. The number of carbonyl (C=O) groups excluding carboxylic acids is 3. The average Bonchev–Trinajstić information content (AvgIpc) is 3.21. The smallest absolute Gasteiger partial charge is 0.295 e. The maximum atomic E-state index is 13.3. The number of nitrogens with zero attached hydrogens (tertiary/aromatic N) is 2. The summed E-state index contributed by atoms with van der Waals surface area (Å²) in [5.41, 5.74) is 6.24. The highest BCUT2D eigenvalue weighted by Gasteiger charge is 2.45.